The number of hydrogen-bond donors (Lipinski definition) is 4. The number of nitrogens with zero attached hydrogens (tertiary/aromatic N) is 2. The molecule has 6 aromatic rings. The molecule has 602 valence electrons. The van der Waals surface area contributed by atoms with Gasteiger partial charge in [-0.05, 0) is 192 Å². The van der Waals surface area contributed by atoms with Crippen molar-refractivity contribution < 1.29 is 103 Å². The number of amides is 2. The molecule has 0 saturated carbocycles. The molecule has 6 saturated heterocycles. The van der Waals surface area contributed by atoms with Crippen molar-refractivity contribution in [2.75, 3.05) is 70.8 Å². The van der Waals surface area contributed by atoms with Gasteiger partial charge in [0, 0.05) is 38.3 Å². The van der Waals surface area contributed by atoms with E-state index in [4.69, 9.17) is 37.4 Å². The molecule has 6 aromatic carbocycles. The maximum absolute atomic E-state index is 13.4. The van der Waals surface area contributed by atoms with Crippen molar-refractivity contribution in [1.82, 2.24) is 31.1 Å². The van der Waals surface area contributed by atoms with Gasteiger partial charge in [0.15, 0.2) is 0 Å². The number of nitrogens with one attached hydrogen (secondary N) is 4. The molecule has 6 aliphatic heterocycles. The van der Waals surface area contributed by atoms with Crippen LogP contribution in [-0.2, 0) is 77.5 Å². The molecule has 31 heteroatoms. The Bertz CT molecular complexity index is 3780. The van der Waals surface area contributed by atoms with E-state index in [1.54, 1.807) is 0 Å². The Morgan fingerprint density at radius 3 is 0.882 bits per heavy atom. The highest BCUT2D eigenvalue weighted by atomic mass is 35.5. The van der Waals surface area contributed by atoms with Gasteiger partial charge in [-0.1, -0.05) is 91.0 Å². The Hall–Kier alpha value is -6.70. The summed E-state index contributed by atoms with van der Waals surface area (Å²) in [4.78, 5) is 28.6. The number of piperidine rings is 3. The van der Waals surface area contributed by atoms with Gasteiger partial charge >= 0.3 is 37.1 Å². The van der Waals surface area contributed by atoms with Crippen LogP contribution in [0.2, 0.25) is 0 Å². The van der Waals surface area contributed by atoms with Gasteiger partial charge in [-0.15, -0.1) is 23.2 Å². The number of rotatable bonds is 17. The highest BCUT2D eigenvalue weighted by Crippen LogP contribution is 2.48. The topological polar surface area (TPSA) is 116 Å². The van der Waals surface area contributed by atoms with Crippen molar-refractivity contribution in [3.63, 3.8) is 0 Å². The molecule has 0 aliphatic carbocycles. The van der Waals surface area contributed by atoms with Crippen LogP contribution in [-0.4, -0.2) is 109 Å². The third kappa shape index (κ3) is 19.9. The average Bonchev–Trinajstić information content (AvgIpc) is 1.55. The average molecular weight is 1610 g/mol. The molecule has 0 radical (unpaired) electrons. The Morgan fingerprint density at radius 1 is 0.373 bits per heavy atom. The van der Waals surface area contributed by atoms with Crippen molar-refractivity contribution in [2.24, 2.45) is 0 Å². The van der Waals surface area contributed by atoms with Gasteiger partial charge in [0.1, 0.15) is 11.8 Å². The van der Waals surface area contributed by atoms with Gasteiger partial charge in [0.2, 0.25) is 11.8 Å². The van der Waals surface area contributed by atoms with Crippen LogP contribution in [0.5, 0.6) is 0 Å². The van der Waals surface area contributed by atoms with E-state index < -0.39 is 116 Å². The number of halogens is 20. The molecule has 6 heterocycles. The van der Waals surface area contributed by atoms with Crippen LogP contribution in [0.15, 0.2) is 146 Å². The summed E-state index contributed by atoms with van der Waals surface area (Å²) >= 11 is 11.7. The minimum absolute atomic E-state index is 0.00924. The fraction of sp³-hybridized carbons (Fsp3) is 0.519. The van der Waals surface area contributed by atoms with E-state index in [0.29, 0.717) is 82.7 Å². The van der Waals surface area contributed by atoms with E-state index in [0.717, 1.165) is 86.7 Å². The highest BCUT2D eigenvalue weighted by Gasteiger charge is 2.53. The standard InChI is InChI=1S/2C27H29ClF6N2O2.C25H28F6N2O/c2*1-18(19-12-21(26(29,30)31)14-22(13-19)27(32,33)34)38-17-25(20-6-3-2-4-7-20)10-9-24(16-35-25)8-5-11-36(24)23(37)15-28;1-17(18-12-20(24(26,27)28)14-21(13-18)25(29,30)31)34-16-23(19-6-3-2-4-7-19)10-9-22(15-33-23)8-5-11-32-22/h2*2-4,6-7,12-14,18,35H,5,8-11,15-17H2,1H3;2-4,6-7,12-14,17,32-33H,5,8-11,15-16H2,1H3/t18-,24+,25-;18-,24-,25-;17-,22?,23-/m111/s1. The van der Waals surface area contributed by atoms with Gasteiger partial charge in [-0.3, -0.25) is 9.59 Å². The van der Waals surface area contributed by atoms with E-state index >= 15 is 0 Å². The van der Waals surface area contributed by atoms with Crippen LogP contribution in [0.4, 0.5) is 79.0 Å². The van der Waals surface area contributed by atoms with Crippen LogP contribution >= 0.6 is 23.2 Å². The quantitative estimate of drug-likeness (QED) is 0.0523. The monoisotopic (exact) mass is 1610 g/mol. The van der Waals surface area contributed by atoms with Crippen molar-refractivity contribution in [3.05, 3.63) is 212 Å². The number of ether oxygens (including phenoxy) is 3. The summed E-state index contributed by atoms with van der Waals surface area (Å²) in [7, 11) is 0. The summed E-state index contributed by atoms with van der Waals surface area (Å²) in [5.74, 6) is -0.479. The highest BCUT2D eigenvalue weighted by molar-refractivity contribution is 6.27. The Morgan fingerprint density at radius 2 is 0.655 bits per heavy atom. The lowest BCUT2D eigenvalue weighted by Gasteiger charge is -2.49. The summed E-state index contributed by atoms with van der Waals surface area (Å²) in [6, 6.07) is 33.0. The summed E-state index contributed by atoms with van der Waals surface area (Å²) in [6.07, 6.45) is -23.1. The molecule has 6 aliphatic rings. The second kappa shape index (κ2) is 33.8. The molecule has 4 N–H and O–H groups in total. The van der Waals surface area contributed by atoms with Crippen LogP contribution in [0.1, 0.15) is 183 Å². The summed E-state index contributed by atoms with van der Waals surface area (Å²) in [5, 5.41) is 14.3. The maximum atomic E-state index is 13.4. The number of benzene rings is 6. The van der Waals surface area contributed by atoms with E-state index in [1.165, 1.54) is 20.8 Å². The van der Waals surface area contributed by atoms with E-state index in [1.807, 2.05) is 101 Å². The first-order valence-corrected chi connectivity index (χ1v) is 37.2. The molecule has 0 aromatic heterocycles. The van der Waals surface area contributed by atoms with Gasteiger partial charge in [-0.2, -0.15) is 79.0 Å². The van der Waals surface area contributed by atoms with Crippen LogP contribution in [0, 0.1) is 0 Å². The van der Waals surface area contributed by atoms with E-state index in [9.17, 15) is 88.6 Å². The van der Waals surface area contributed by atoms with Crippen LogP contribution in [0.25, 0.3) is 0 Å². The molecule has 9 atom stereocenters. The Balaban J connectivity index is 0.000000176. The normalized spacial score (nSPS) is 25.6. The molecule has 11 nitrogen and oxygen atoms in total. The summed E-state index contributed by atoms with van der Waals surface area (Å²) in [5.41, 5.74) is -8.84. The van der Waals surface area contributed by atoms with Crippen LogP contribution < -0.4 is 21.3 Å². The van der Waals surface area contributed by atoms with Gasteiger partial charge < -0.3 is 45.3 Å². The molecule has 3 spiro atoms. The lowest BCUT2D eigenvalue weighted by molar-refractivity contribution is -0.145. The zero-order chi connectivity index (χ0) is 80.2. The zero-order valence-electron chi connectivity index (χ0n) is 60.3. The predicted octanol–water partition coefficient (Wildman–Crippen LogP) is 19.6. The minimum atomic E-state index is -4.94. The van der Waals surface area contributed by atoms with Crippen molar-refractivity contribution in [3.8, 4) is 0 Å². The smallest absolute Gasteiger partial charge is 0.372 e. The van der Waals surface area contributed by atoms with Gasteiger partial charge in [0.25, 0.3) is 0 Å². The Kier molecular flexibility index (Phi) is 26.3. The number of likely N-dealkylation sites (tertiary alicyclic amines) is 2. The fourth-order valence-corrected chi connectivity index (χ4v) is 16.5. The second-order valence-electron chi connectivity index (χ2n) is 29.6. The van der Waals surface area contributed by atoms with Gasteiger partial charge in [-0.25, -0.2) is 0 Å². The number of carbonyl (C=O) groups excluding carboxylic acids is 2. The lowest BCUT2D eigenvalue weighted by Crippen LogP contribution is -2.63. The maximum Gasteiger partial charge on any atom is 0.416 e. The third-order valence-electron chi connectivity index (χ3n) is 22.7. The van der Waals surface area contributed by atoms with E-state index in [2.05, 4.69) is 21.3 Å². The summed E-state index contributed by atoms with van der Waals surface area (Å²) < 4.78 is 258. The van der Waals surface area contributed by atoms with Crippen LogP contribution in [0.3, 0.4) is 0 Å². The zero-order valence-corrected chi connectivity index (χ0v) is 61.9. The number of alkyl halides is 20. The number of hydrogen-bond acceptors (Lipinski definition) is 9. The first-order valence-electron chi connectivity index (χ1n) is 36.1. The van der Waals surface area contributed by atoms with Gasteiger partial charge in [0.05, 0.1) is 99.2 Å². The summed E-state index contributed by atoms with van der Waals surface area (Å²) in [6.45, 7) is 8.34. The fourth-order valence-electron chi connectivity index (χ4n) is 16.2. The largest absolute Gasteiger partial charge is 0.416 e. The molecule has 1 unspecified atom stereocenters. The first kappa shape index (κ1) is 85.7. The molecule has 0 bridgehead atoms. The first-order chi connectivity index (χ1) is 51.5. The van der Waals surface area contributed by atoms with Crippen molar-refractivity contribution >= 4 is 35.0 Å². The molecule has 6 fully saturated rings. The van der Waals surface area contributed by atoms with E-state index in [-0.39, 0.29) is 83.8 Å². The van der Waals surface area contributed by atoms with Crippen molar-refractivity contribution in [2.45, 2.75) is 186 Å². The molecule has 12 rings (SSSR count). The minimum Gasteiger partial charge on any atom is -0.372 e. The molecule has 2 amide bonds. The number of carbonyl (C=O) groups is 2. The SMILES string of the molecule is C[C@@H](OC[C@@]1(c2ccccc2)CCC2(CCCN2)CN1)c1cc(C(F)(F)F)cc(C(F)(F)F)c1.C[C@@H](OC[C@@]1(c2ccccc2)CC[C@@]2(CCCN2C(=O)CCl)CN1)c1cc(C(F)(F)F)cc(C(F)(F)F)c1.C[C@@H](OC[C@@]1(c2ccccc2)CC[C@]2(CCCN2C(=O)CCl)CN1)c1cc(C(F)(F)F)cc(C(F)(F)F)c1. The van der Waals surface area contributed by atoms with Crippen molar-refractivity contribution in [1.29, 1.82) is 0 Å². The Labute approximate surface area is 635 Å². The molecular weight excluding hydrogens is 1530 g/mol. The predicted molar refractivity (Wildman–Crippen MR) is 377 cm³/mol. The second-order valence-corrected chi connectivity index (χ2v) is 30.1. The molecule has 110 heavy (non-hydrogen) atoms. The third-order valence-corrected chi connectivity index (χ3v) is 23.1. The molecular formula is C79H86Cl2F18N6O5. The lowest BCUT2D eigenvalue weighted by atomic mass is 9.75.